The highest BCUT2D eigenvalue weighted by atomic mass is 35.5. The van der Waals surface area contributed by atoms with Gasteiger partial charge in [0, 0.05) is 24.0 Å². The Labute approximate surface area is 171 Å². The van der Waals surface area contributed by atoms with Crippen LogP contribution in [0.2, 0.25) is 10.0 Å². The van der Waals surface area contributed by atoms with E-state index in [0.29, 0.717) is 27.7 Å². The summed E-state index contributed by atoms with van der Waals surface area (Å²) in [6, 6.07) is 13.7. The third-order valence-electron chi connectivity index (χ3n) is 4.25. The van der Waals surface area contributed by atoms with Crippen LogP contribution in [0.15, 0.2) is 42.5 Å². The van der Waals surface area contributed by atoms with Gasteiger partial charge in [0.15, 0.2) is 5.82 Å². The van der Waals surface area contributed by atoms with E-state index < -0.39 is 0 Å². The molecule has 5 heteroatoms. The average Bonchev–Trinajstić information content (AvgIpc) is 2.62. The first-order chi connectivity index (χ1) is 12.9. The third kappa shape index (κ3) is 4.53. The monoisotopic (exact) mass is 401 g/mol. The van der Waals surface area contributed by atoms with E-state index in [1.165, 1.54) is 0 Å². The fourth-order valence-electron chi connectivity index (χ4n) is 3.23. The van der Waals surface area contributed by atoms with Crippen molar-refractivity contribution >= 4 is 39.9 Å². The Hall–Kier alpha value is -1.84. The standard InChI is InChI=1S/C22H25Cl2N3/c1-14(2)12-27(13-15(3)4)22-16-8-5-6-11-19(16)25-21(26-22)17-9-7-10-18(23)20(17)24/h5-11,14-15H,12-13H2,1-4H3. The molecular weight excluding hydrogens is 377 g/mol. The largest absolute Gasteiger partial charge is 0.355 e. The fraction of sp³-hybridized carbons (Fsp3) is 0.364. The zero-order valence-corrected chi connectivity index (χ0v) is 17.7. The van der Waals surface area contributed by atoms with Crippen LogP contribution < -0.4 is 4.90 Å². The minimum Gasteiger partial charge on any atom is -0.355 e. The Morgan fingerprint density at radius 2 is 1.52 bits per heavy atom. The van der Waals surface area contributed by atoms with Crippen LogP contribution >= 0.6 is 23.2 Å². The van der Waals surface area contributed by atoms with Gasteiger partial charge in [0.05, 0.1) is 15.6 Å². The molecule has 0 bridgehead atoms. The number of hydrogen-bond donors (Lipinski definition) is 0. The maximum Gasteiger partial charge on any atom is 0.163 e. The zero-order chi connectivity index (χ0) is 19.6. The normalized spacial score (nSPS) is 11.6. The Morgan fingerprint density at radius 1 is 0.852 bits per heavy atom. The lowest BCUT2D eigenvalue weighted by molar-refractivity contribution is 0.550. The summed E-state index contributed by atoms with van der Waals surface area (Å²) in [6.07, 6.45) is 0. The van der Waals surface area contributed by atoms with E-state index in [2.05, 4.69) is 38.7 Å². The molecule has 0 spiro atoms. The van der Waals surface area contributed by atoms with E-state index in [-0.39, 0.29) is 0 Å². The fourth-order valence-corrected chi connectivity index (χ4v) is 3.61. The second-order valence-electron chi connectivity index (χ2n) is 7.68. The number of anilines is 1. The van der Waals surface area contributed by atoms with Gasteiger partial charge in [-0.1, -0.05) is 69.1 Å². The first-order valence-corrected chi connectivity index (χ1v) is 10.1. The molecule has 142 valence electrons. The summed E-state index contributed by atoms with van der Waals surface area (Å²) in [5, 5.41) is 2.05. The van der Waals surface area contributed by atoms with Gasteiger partial charge in [0.1, 0.15) is 5.82 Å². The molecule has 3 rings (SSSR count). The van der Waals surface area contributed by atoms with Gasteiger partial charge in [-0.3, -0.25) is 0 Å². The predicted molar refractivity (Wildman–Crippen MR) is 117 cm³/mol. The van der Waals surface area contributed by atoms with Gasteiger partial charge in [-0.2, -0.15) is 0 Å². The SMILES string of the molecule is CC(C)CN(CC(C)C)c1nc(-c2cccc(Cl)c2Cl)nc2ccccc12. The maximum absolute atomic E-state index is 6.45. The molecule has 2 aromatic carbocycles. The minimum atomic E-state index is 0.486. The molecule has 0 unspecified atom stereocenters. The summed E-state index contributed by atoms with van der Waals surface area (Å²) >= 11 is 12.7. The Morgan fingerprint density at radius 3 is 2.19 bits per heavy atom. The highest BCUT2D eigenvalue weighted by Gasteiger charge is 2.19. The molecule has 0 aliphatic heterocycles. The summed E-state index contributed by atoms with van der Waals surface area (Å²) in [4.78, 5) is 12.1. The number of rotatable bonds is 6. The van der Waals surface area contributed by atoms with Crippen molar-refractivity contribution in [3.8, 4) is 11.4 Å². The number of aromatic nitrogens is 2. The van der Waals surface area contributed by atoms with Crippen LogP contribution in [0, 0.1) is 11.8 Å². The highest BCUT2D eigenvalue weighted by molar-refractivity contribution is 6.43. The molecule has 0 atom stereocenters. The van der Waals surface area contributed by atoms with E-state index >= 15 is 0 Å². The number of fused-ring (bicyclic) bond motifs is 1. The van der Waals surface area contributed by atoms with Crippen LogP contribution in [0.25, 0.3) is 22.3 Å². The molecule has 3 aromatic rings. The molecule has 1 heterocycles. The lowest BCUT2D eigenvalue weighted by Gasteiger charge is -2.28. The number of hydrogen-bond acceptors (Lipinski definition) is 3. The van der Waals surface area contributed by atoms with Crippen molar-refractivity contribution < 1.29 is 0 Å². The molecule has 0 radical (unpaired) electrons. The summed E-state index contributed by atoms with van der Waals surface area (Å²) < 4.78 is 0. The zero-order valence-electron chi connectivity index (χ0n) is 16.2. The number of nitrogens with zero attached hydrogens (tertiary/aromatic N) is 3. The van der Waals surface area contributed by atoms with E-state index in [1.807, 2.05) is 30.3 Å². The summed E-state index contributed by atoms with van der Waals surface area (Å²) in [7, 11) is 0. The minimum absolute atomic E-state index is 0.486. The lowest BCUT2D eigenvalue weighted by Crippen LogP contribution is -2.32. The number of halogens is 2. The molecule has 0 N–H and O–H groups in total. The van der Waals surface area contributed by atoms with Crippen LogP contribution in [-0.2, 0) is 0 Å². The van der Waals surface area contributed by atoms with Gasteiger partial charge in [-0.25, -0.2) is 9.97 Å². The number of para-hydroxylation sites is 1. The van der Waals surface area contributed by atoms with Gasteiger partial charge < -0.3 is 4.90 Å². The molecule has 3 nitrogen and oxygen atoms in total. The smallest absolute Gasteiger partial charge is 0.163 e. The molecular formula is C22H25Cl2N3. The third-order valence-corrected chi connectivity index (χ3v) is 5.07. The molecule has 27 heavy (non-hydrogen) atoms. The Balaban J connectivity index is 2.22. The van der Waals surface area contributed by atoms with Crippen LogP contribution in [-0.4, -0.2) is 23.1 Å². The van der Waals surface area contributed by atoms with E-state index in [9.17, 15) is 0 Å². The van der Waals surface area contributed by atoms with Crippen molar-refractivity contribution in [2.75, 3.05) is 18.0 Å². The van der Waals surface area contributed by atoms with Gasteiger partial charge in [0.25, 0.3) is 0 Å². The molecule has 0 fully saturated rings. The van der Waals surface area contributed by atoms with Gasteiger partial charge >= 0.3 is 0 Å². The van der Waals surface area contributed by atoms with Crippen molar-refractivity contribution in [1.29, 1.82) is 0 Å². The topological polar surface area (TPSA) is 29.0 Å². The van der Waals surface area contributed by atoms with Crippen molar-refractivity contribution in [3.63, 3.8) is 0 Å². The van der Waals surface area contributed by atoms with Gasteiger partial charge in [-0.05, 0) is 36.1 Å². The van der Waals surface area contributed by atoms with Gasteiger partial charge in [0.2, 0.25) is 0 Å². The Bertz CT molecular complexity index is 928. The molecule has 0 aliphatic rings. The first kappa shape index (κ1) is 19.9. The maximum atomic E-state index is 6.45. The quantitative estimate of drug-likeness (QED) is 0.458. The van der Waals surface area contributed by atoms with Crippen LogP contribution in [0.5, 0.6) is 0 Å². The van der Waals surface area contributed by atoms with Crippen LogP contribution in [0.3, 0.4) is 0 Å². The molecule has 0 aliphatic carbocycles. The first-order valence-electron chi connectivity index (χ1n) is 9.33. The molecule has 1 aromatic heterocycles. The van der Waals surface area contributed by atoms with E-state index in [0.717, 1.165) is 35.4 Å². The summed E-state index contributed by atoms with van der Waals surface area (Å²) in [5.74, 6) is 2.61. The molecule has 0 saturated carbocycles. The highest BCUT2D eigenvalue weighted by Crippen LogP contribution is 2.34. The summed E-state index contributed by atoms with van der Waals surface area (Å²) in [6.45, 7) is 10.8. The van der Waals surface area contributed by atoms with E-state index in [4.69, 9.17) is 33.2 Å². The van der Waals surface area contributed by atoms with Gasteiger partial charge in [-0.15, -0.1) is 0 Å². The van der Waals surface area contributed by atoms with Crippen molar-refractivity contribution in [2.45, 2.75) is 27.7 Å². The van der Waals surface area contributed by atoms with Crippen LogP contribution in [0.1, 0.15) is 27.7 Å². The van der Waals surface area contributed by atoms with Crippen molar-refractivity contribution in [2.24, 2.45) is 11.8 Å². The second-order valence-corrected chi connectivity index (χ2v) is 8.47. The predicted octanol–water partition coefficient (Wildman–Crippen LogP) is 6.72. The lowest BCUT2D eigenvalue weighted by atomic mass is 10.1. The number of benzene rings is 2. The average molecular weight is 402 g/mol. The van der Waals surface area contributed by atoms with Crippen molar-refractivity contribution in [1.82, 2.24) is 9.97 Å². The van der Waals surface area contributed by atoms with Crippen molar-refractivity contribution in [3.05, 3.63) is 52.5 Å². The van der Waals surface area contributed by atoms with E-state index in [1.54, 1.807) is 6.07 Å². The second kappa shape index (κ2) is 8.45. The van der Waals surface area contributed by atoms with Crippen LogP contribution in [0.4, 0.5) is 5.82 Å². The molecule has 0 saturated heterocycles. The summed E-state index contributed by atoms with van der Waals surface area (Å²) in [5.41, 5.74) is 1.66. The Kier molecular flexibility index (Phi) is 6.23. The molecule has 0 amide bonds.